The van der Waals surface area contributed by atoms with Gasteiger partial charge in [-0.15, -0.1) is 11.8 Å². The predicted molar refractivity (Wildman–Crippen MR) is 83.9 cm³/mol. The Hall–Kier alpha value is -1.49. The van der Waals surface area contributed by atoms with E-state index in [1.165, 1.54) is 11.1 Å². The number of aryl methyl sites for hydroxylation is 1. The van der Waals surface area contributed by atoms with Crippen molar-refractivity contribution in [1.82, 2.24) is 9.80 Å². The third-order valence-corrected chi connectivity index (χ3v) is 5.22. The molecular formula is C16H20N2O2S. The van der Waals surface area contributed by atoms with Crippen LogP contribution in [0.15, 0.2) is 24.3 Å². The van der Waals surface area contributed by atoms with Crippen molar-refractivity contribution in [2.24, 2.45) is 0 Å². The Morgan fingerprint density at radius 2 is 2.19 bits per heavy atom. The van der Waals surface area contributed by atoms with Crippen molar-refractivity contribution in [2.45, 2.75) is 25.8 Å². The monoisotopic (exact) mass is 304 g/mol. The minimum atomic E-state index is 0.0802. The maximum absolute atomic E-state index is 12.6. The van der Waals surface area contributed by atoms with E-state index in [2.05, 4.69) is 19.1 Å². The molecule has 3 rings (SSSR count). The van der Waals surface area contributed by atoms with E-state index in [0.29, 0.717) is 11.6 Å². The second-order valence-electron chi connectivity index (χ2n) is 5.67. The zero-order valence-electron chi connectivity index (χ0n) is 12.2. The van der Waals surface area contributed by atoms with Gasteiger partial charge in [0.25, 0.3) is 0 Å². The molecule has 1 aromatic carbocycles. The van der Waals surface area contributed by atoms with E-state index in [9.17, 15) is 9.59 Å². The quantitative estimate of drug-likeness (QED) is 0.859. The summed E-state index contributed by atoms with van der Waals surface area (Å²) in [4.78, 5) is 27.9. The summed E-state index contributed by atoms with van der Waals surface area (Å²) >= 11 is 1.58. The third-order valence-electron chi connectivity index (χ3n) is 4.27. The summed E-state index contributed by atoms with van der Waals surface area (Å²) in [6.07, 6.45) is 2.05. The average molecular weight is 304 g/mol. The highest BCUT2D eigenvalue weighted by Crippen LogP contribution is 2.33. The molecule has 0 bridgehead atoms. The van der Waals surface area contributed by atoms with Crippen LogP contribution in [0.5, 0.6) is 0 Å². The average Bonchev–Trinajstić information content (AvgIpc) is 3.09. The summed E-state index contributed by atoms with van der Waals surface area (Å²) in [5.41, 5.74) is 2.47. The lowest BCUT2D eigenvalue weighted by Crippen LogP contribution is -2.40. The number of carbonyl (C=O) groups excluding carboxylic acids is 2. The van der Waals surface area contributed by atoms with Crippen molar-refractivity contribution < 1.29 is 9.59 Å². The van der Waals surface area contributed by atoms with Gasteiger partial charge in [-0.2, -0.15) is 0 Å². The highest BCUT2D eigenvalue weighted by Gasteiger charge is 2.33. The van der Waals surface area contributed by atoms with Gasteiger partial charge in [-0.3, -0.25) is 9.59 Å². The molecule has 0 N–H and O–H groups in total. The minimum absolute atomic E-state index is 0.0802. The first kappa shape index (κ1) is 14.4. The lowest BCUT2D eigenvalue weighted by molar-refractivity contribution is -0.138. The van der Waals surface area contributed by atoms with Crippen LogP contribution in [-0.4, -0.2) is 46.3 Å². The van der Waals surface area contributed by atoms with Crippen molar-refractivity contribution in [2.75, 3.05) is 24.7 Å². The highest BCUT2D eigenvalue weighted by atomic mass is 32.2. The summed E-state index contributed by atoms with van der Waals surface area (Å²) in [7, 11) is 0. The molecule has 5 heteroatoms. The van der Waals surface area contributed by atoms with Crippen LogP contribution in [0.25, 0.3) is 0 Å². The number of benzene rings is 1. The molecule has 0 saturated carbocycles. The number of hydrogen-bond acceptors (Lipinski definition) is 3. The molecule has 2 fully saturated rings. The number of likely N-dealkylation sites (tertiary alicyclic amines) is 1. The van der Waals surface area contributed by atoms with Crippen LogP contribution in [0.1, 0.15) is 30.0 Å². The van der Waals surface area contributed by atoms with E-state index in [-0.39, 0.29) is 24.4 Å². The molecule has 4 nitrogen and oxygen atoms in total. The molecule has 112 valence electrons. The molecule has 2 aliphatic heterocycles. The Balaban J connectivity index is 1.73. The molecule has 1 aromatic rings. The summed E-state index contributed by atoms with van der Waals surface area (Å²) in [6.45, 7) is 3.12. The van der Waals surface area contributed by atoms with Crippen LogP contribution in [0.2, 0.25) is 0 Å². The molecule has 21 heavy (non-hydrogen) atoms. The van der Waals surface area contributed by atoms with E-state index in [1.807, 2.05) is 17.0 Å². The largest absolute Gasteiger partial charge is 0.334 e. The van der Waals surface area contributed by atoms with Gasteiger partial charge in [-0.05, 0) is 30.9 Å². The number of amides is 2. The second-order valence-corrected chi connectivity index (χ2v) is 6.63. The van der Waals surface area contributed by atoms with Gasteiger partial charge in [-0.1, -0.05) is 24.3 Å². The fraction of sp³-hybridized carbons (Fsp3) is 0.500. The van der Waals surface area contributed by atoms with E-state index in [0.717, 1.165) is 19.4 Å². The molecule has 0 aromatic heterocycles. The predicted octanol–water partition coefficient (Wildman–Crippen LogP) is 2.19. The van der Waals surface area contributed by atoms with Crippen LogP contribution >= 0.6 is 11.8 Å². The summed E-state index contributed by atoms with van der Waals surface area (Å²) < 4.78 is 0. The number of thioether (sulfide) groups is 1. The van der Waals surface area contributed by atoms with Crippen LogP contribution in [-0.2, 0) is 9.59 Å². The normalized spacial score (nSPS) is 22.1. The van der Waals surface area contributed by atoms with Gasteiger partial charge < -0.3 is 9.80 Å². The molecule has 0 aliphatic carbocycles. The van der Waals surface area contributed by atoms with Crippen LogP contribution in [0, 0.1) is 6.92 Å². The van der Waals surface area contributed by atoms with Crippen LogP contribution < -0.4 is 0 Å². The van der Waals surface area contributed by atoms with E-state index >= 15 is 0 Å². The molecule has 2 saturated heterocycles. The summed E-state index contributed by atoms with van der Waals surface area (Å²) in [5.74, 6) is 1.32. The fourth-order valence-electron chi connectivity index (χ4n) is 3.14. The first-order valence-electron chi connectivity index (χ1n) is 7.37. The highest BCUT2D eigenvalue weighted by molar-refractivity contribution is 8.00. The molecule has 2 heterocycles. The molecule has 0 radical (unpaired) electrons. The van der Waals surface area contributed by atoms with Gasteiger partial charge >= 0.3 is 0 Å². The topological polar surface area (TPSA) is 40.6 Å². The molecule has 2 aliphatic rings. The maximum Gasteiger partial charge on any atom is 0.242 e. The summed E-state index contributed by atoms with van der Waals surface area (Å²) in [6, 6.07) is 8.44. The van der Waals surface area contributed by atoms with Crippen LogP contribution in [0.4, 0.5) is 0 Å². The Morgan fingerprint density at radius 1 is 1.38 bits per heavy atom. The molecular weight excluding hydrogens is 284 g/mol. The van der Waals surface area contributed by atoms with Crippen molar-refractivity contribution in [3.05, 3.63) is 35.4 Å². The Labute approximate surface area is 129 Å². The van der Waals surface area contributed by atoms with E-state index in [4.69, 9.17) is 0 Å². The zero-order valence-corrected chi connectivity index (χ0v) is 13.1. The second kappa shape index (κ2) is 6.10. The SMILES string of the molecule is Cc1ccccc1C1CCCN1C(=O)CN1CSCC1=O. The Morgan fingerprint density at radius 3 is 2.90 bits per heavy atom. The van der Waals surface area contributed by atoms with Crippen molar-refractivity contribution in [1.29, 1.82) is 0 Å². The van der Waals surface area contributed by atoms with E-state index in [1.54, 1.807) is 16.7 Å². The van der Waals surface area contributed by atoms with Crippen molar-refractivity contribution in [3.8, 4) is 0 Å². The third kappa shape index (κ3) is 2.93. The molecule has 1 atom stereocenters. The van der Waals surface area contributed by atoms with Crippen molar-refractivity contribution >= 4 is 23.6 Å². The fourth-order valence-corrected chi connectivity index (χ4v) is 4.05. The maximum atomic E-state index is 12.6. The zero-order chi connectivity index (χ0) is 14.8. The number of carbonyl (C=O) groups is 2. The number of hydrogen-bond donors (Lipinski definition) is 0. The molecule has 2 amide bonds. The van der Waals surface area contributed by atoms with Gasteiger partial charge in [0.05, 0.1) is 17.7 Å². The standard InChI is InChI=1S/C16H20N2O2S/c1-12-5-2-3-6-13(12)14-7-4-8-18(14)15(19)9-17-11-21-10-16(17)20/h2-3,5-6,14H,4,7-11H2,1H3. The Kier molecular flexibility index (Phi) is 4.19. The smallest absolute Gasteiger partial charge is 0.242 e. The first-order valence-corrected chi connectivity index (χ1v) is 8.53. The molecule has 0 spiro atoms. The van der Waals surface area contributed by atoms with Crippen molar-refractivity contribution in [3.63, 3.8) is 0 Å². The van der Waals surface area contributed by atoms with Gasteiger partial charge in [0.2, 0.25) is 11.8 Å². The van der Waals surface area contributed by atoms with E-state index < -0.39 is 0 Å². The van der Waals surface area contributed by atoms with Gasteiger partial charge in [-0.25, -0.2) is 0 Å². The van der Waals surface area contributed by atoms with Gasteiger partial charge in [0.1, 0.15) is 6.54 Å². The van der Waals surface area contributed by atoms with Crippen LogP contribution in [0.3, 0.4) is 0 Å². The molecule has 1 unspecified atom stereocenters. The summed E-state index contributed by atoms with van der Waals surface area (Å²) in [5, 5.41) is 0. The number of nitrogens with zero attached hydrogens (tertiary/aromatic N) is 2. The Bertz CT molecular complexity index is 561. The van der Waals surface area contributed by atoms with Gasteiger partial charge in [0.15, 0.2) is 0 Å². The lowest BCUT2D eigenvalue weighted by Gasteiger charge is -2.28. The minimum Gasteiger partial charge on any atom is -0.334 e. The lowest BCUT2D eigenvalue weighted by atomic mass is 9.99. The van der Waals surface area contributed by atoms with Gasteiger partial charge in [0, 0.05) is 6.54 Å². The first-order chi connectivity index (χ1) is 10.2. The number of rotatable bonds is 3.